The van der Waals surface area contributed by atoms with Gasteiger partial charge in [-0.2, -0.15) is 0 Å². The standard InChI is InChI=1S/C8H14O8/c1-4(9)16-7(12)3-15-6(11)5(10)8(7,13)14-2/h5-6,10-13H,3H2,1-2H3/t5-,6?,7-,8+/m1/s1. The highest BCUT2D eigenvalue weighted by atomic mass is 16.8. The SMILES string of the molecule is CO[C@@]1(O)[C@H](O)C(O)OC[C@@]1(O)OC(C)=O. The van der Waals surface area contributed by atoms with Crippen molar-refractivity contribution in [1.82, 2.24) is 0 Å². The number of aliphatic hydroxyl groups is 4. The first-order valence-electron chi connectivity index (χ1n) is 4.44. The number of hydrogen-bond donors (Lipinski definition) is 4. The third-order valence-electron chi connectivity index (χ3n) is 2.30. The number of aliphatic hydroxyl groups excluding tert-OH is 2. The highest BCUT2D eigenvalue weighted by molar-refractivity contribution is 5.66. The number of carbonyl (C=O) groups is 1. The second kappa shape index (κ2) is 4.24. The van der Waals surface area contributed by atoms with E-state index in [4.69, 9.17) is 5.11 Å². The normalized spacial score (nSPS) is 44.1. The third kappa shape index (κ3) is 1.90. The predicted molar refractivity (Wildman–Crippen MR) is 46.6 cm³/mol. The Morgan fingerprint density at radius 2 is 2.00 bits per heavy atom. The molecule has 0 bridgehead atoms. The first-order valence-corrected chi connectivity index (χ1v) is 4.44. The van der Waals surface area contributed by atoms with Gasteiger partial charge in [-0.3, -0.25) is 4.79 Å². The summed E-state index contributed by atoms with van der Waals surface area (Å²) in [5.41, 5.74) is 0. The Kier molecular flexibility index (Phi) is 3.53. The molecule has 8 heteroatoms. The van der Waals surface area contributed by atoms with E-state index in [1.54, 1.807) is 0 Å². The van der Waals surface area contributed by atoms with E-state index in [9.17, 15) is 20.1 Å². The summed E-state index contributed by atoms with van der Waals surface area (Å²) in [6, 6.07) is 0. The van der Waals surface area contributed by atoms with Gasteiger partial charge in [0.1, 0.15) is 6.61 Å². The van der Waals surface area contributed by atoms with Gasteiger partial charge in [-0.25, -0.2) is 0 Å². The molecule has 94 valence electrons. The van der Waals surface area contributed by atoms with Gasteiger partial charge in [0, 0.05) is 14.0 Å². The second-order valence-electron chi connectivity index (χ2n) is 3.42. The smallest absolute Gasteiger partial charge is 0.305 e. The molecule has 0 amide bonds. The van der Waals surface area contributed by atoms with Crippen LogP contribution in [0.1, 0.15) is 6.92 Å². The monoisotopic (exact) mass is 238 g/mol. The van der Waals surface area contributed by atoms with Crippen LogP contribution >= 0.6 is 0 Å². The summed E-state index contributed by atoms with van der Waals surface area (Å²) in [5.74, 6) is -6.17. The molecule has 0 aromatic carbocycles. The number of rotatable bonds is 2. The average molecular weight is 238 g/mol. The van der Waals surface area contributed by atoms with Gasteiger partial charge < -0.3 is 34.6 Å². The van der Waals surface area contributed by atoms with Crippen molar-refractivity contribution in [2.24, 2.45) is 0 Å². The van der Waals surface area contributed by atoms with E-state index in [1.807, 2.05) is 0 Å². The van der Waals surface area contributed by atoms with Crippen molar-refractivity contribution >= 4 is 5.97 Å². The lowest BCUT2D eigenvalue weighted by molar-refractivity contribution is -0.450. The van der Waals surface area contributed by atoms with Crippen molar-refractivity contribution in [3.05, 3.63) is 0 Å². The molecule has 0 aromatic rings. The number of carbonyl (C=O) groups excluding carboxylic acids is 1. The number of hydrogen-bond acceptors (Lipinski definition) is 8. The van der Waals surface area contributed by atoms with Gasteiger partial charge in [-0.1, -0.05) is 0 Å². The molecule has 1 fully saturated rings. The molecule has 1 heterocycles. The van der Waals surface area contributed by atoms with Gasteiger partial charge in [0.25, 0.3) is 11.6 Å². The first-order chi connectivity index (χ1) is 7.27. The fourth-order valence-corrected chi connectivity index (χ4v) is 1.44. The summed E-state index contributed by atoms with van der Waals surface area (Å²) in [6.45, 7) is 0.251. The molecule has 1 saturated heterocycles. The molecule has 0 spiro atoms. The zero-order valence-electron chi connectivity index (χ0n) is 8.78. The van der Waals surface area contributed by atoms with Gasteiger partial charge in [0.15, 0.2) is 12.4 Å². The molecular weight excluding hydrogens is 224 g/mol. The molecule has 8 nitrogen and oxygen atoms in total. The zero-order valence-corrected chi connectivity index (χ0v) is 8.78. The summed E-state index contributed by atoms with van der Waals surface area (Å²) in [6.07, 6.45) is -3.75. The summed E-state index contributed by atoms with van der Waals surface area (Å²) < 4.78 is 13.5. The molecule has 4 N–H and O–H groups in total. The fourth-order valence-electron chi connectivity index (χ4n) is 1.44. The zero-order chi connectivity index (χ0) is 12.6. The Morgan fingerprint density at radius 1 is 1.44 bits per heavy atom. The molecule has 1 rings (SSSR count). The quantitative estimate of drug-likeness (QED) is 0.302. The van der Waals surface area contributed by atoms with Crippen LogP contribution in [0.25, 0.3) is 0 Å². The molecule has 1 aliphatic rings. The number of ether oxygens (including phenoxy) is 3. The molecule has 16 heavy (non-hydrogen) atoms. The van der Waals surface area contributed by atoms with E-state index in [0.717, 1.165) is 14.0 Å². The Bertz CT molecular complexity index is 281. The van der Waals surface area contributed by atoms with Crippen LogP contribution in [-0.4, -0.2) is 64.1 Å². The molecule has 0 radical (unpaired) electrons. The highest BCUT2D eigenvalue weighted by Crippen LogP contribution is 2.35. The van der Waals surface area contributed by atoms with Crippen LogP contribution in [0.2, 0.25) is 0 Å². The lowest BCUT2D eigenvalue weighted by Gasteiger charge is -2.47. The van der Waals surface area contributed by atoms with E-state index in [0.29, 0.717) is 0 Å². The minimum absolute atomic E-state index is 0.741. The van der Waals surface area contributed by atoms with Crippen LogP contribution < -0.4 is 0 Å². The Hall–Kier alpha value is -0.770. The van der Waals surface area contributed by atoms with Gasteiger partial charge >= 0.3 is 5.97 Å². The molecule has 0 aliphatic carbocycles. The van der Waals surface area contributed by atoms with Crippen molar-refractivity contribution in [3.63, 3.8) is 0 Å². The van der Waals surface area contributed by atoms with Gasteiger partial charge in [-0.05, 0) is 0 Å². The Morgan fingerprint density at radius 3 is 2.44 bits per heavy atom. The highest BCUT2D eigenvalue weighted by Gasteiger charge is 2.64. The lowest BCUT2D eigenvalue weighted by Crippen LogP contribution is -2.72. The summed E-state index contributed by atoms with van der Waals surface area (Å²) in [7, 11) is 0.968. The van der Waals surface area contributed by atoms with E-state index in [-0.39, 0.29) is 0 Å². The summed E-state index contributed by atoms with van der Waals surface area (Å²) in [4.78, 5) is 10.8. The second-order valence-corrected chi connectivity index (χ2v) is 3.42. The minimum Gasteiger partial charge on any atom is -0.425 e. The maximum atomic E-state index is 10.8. The van der Waals surface area contributed by atoms with Crippen LogP contribution in [0.15, 0.2) is 0 Å². The molecule has 1 aliphatic heterocycles. The topological polar surface area (TPSA) is 126 Å². The Balaban J connectivity index is 3.03. The number of esters is 1. The van der Waals surface area contributed by atoms with Crippen molar-refractivity contribution < 1.29 is 39.4 Å². The third-order valence-corrected chi connectivity index (χ3v) is 2.30. The number of methoxy groups -OCH3 is 1. The molecule has 0 saturated carbocycles. The van der Waals surface area contributed by atoms with E-state index >= 15 is 0 Å². The molecular formula is C8H14O8. The minimum atomic E-state index is -2.67. The Labute approximate surface area is 91.0 Å². The van der Waals surface area contributed by atoms with Crippen LogP contribution in [0, 0.1) is 0 Å². The van der Waals surface area contributed by atoms with Crippen molar-refractivity contribution in [2.45, 2.75) is 30.9 Å². The van der Waals surface area contributed by atoms with E-state index in [1.165, 1.54) is 0 Å². The average Bonchev–Trinajstić information content (AvgIpc) is 2.20. The van der Waals surface area contributed by atoms with E-state index < -0.39 is 36.5 Å². The summed E-state index contributed by atoms with van der Waals surface area (Å²) in [5, 5.41) is 38.3. The van der Waals surface area contributed by atoms with Crippen LogP contribution in [0.4, 0.5) is 0 Å². The predicted octanol–water partition coefficient (Wildman–Crippen LogP) is -2.72. The van der Waals surface area contributed by atoms with E-state index in [2.05, 4.69) is 14.2 Å². The maximum absolute atomic E-state index is 10.8. The van der Waals surface area contributed by atoms with Crippen LogP contribution in [0.3, 0.4) is 0 Å². The summed E-state index contributed by atoms with van der Waals surface area (Å²) >= 11 is 0. The maximum Gasteiger partial charge on any atom is 0.305 e. The van der Waals surface area contributed by atoms with Gasteiger partial charge in [-0.15, -0.1) is 0 Å². The molecule has 1 unspecified atom stereocenters. The molecule has 4 atom stereocenters. The van der Waals surface area contributed by atoms with Crippen LogP contribution in [0.5, 0.6) is 0 Å². The van der Waals surface area contributed by atoms with Crippen LogP contribution in [-0.2, 0) is 19.0 Å². The molecule has 0 aromatic heterocycles. The van der Waals surface area contributed by atoms with Crippen molar-refractivity contribution in [2.75, 3.05) is 13.7 Å². The van der Waals surface area contributed by atoms with Gasteiger partial charge in [0.2, 0.25) is 0 Å². The van der Waals surface area contributed by atoms with Gasteiger partial charge in [0.05, 0.1) is 0 Å². The largest absolute Gasteiger partial charge is 0.425 e. The fraction of sp³-hybridized carbons (Fsp3) is 0.875. The first kappa shape index (κ1) is 13.3. The van der Waals surface area contributed by atoms with Crippen molar-refractivity contribution in [3.8, 4) is 0 Å². The lowest BCUT2D eigenvalue weighted by atomic mass is 9.96. The van der Waals surface area contributed by atoms with Crippen molar-refractivity contribution in [1.29, 1.82) is 0 Å².